The Morgan fingerprint density at radius 1 is 1.60 bits per heavy atom. The topological polar surface area (TPSA) is 54.9 Å². The van der Waals surface area contributed by atoms with Crippen molar-refractivity contribution in [3.8, 4) is 0 Å². The maximum absolute atomic E-state index is 12.0. The van der Waals surface area contributed by atoms with E-state index in [0.717, 1.165) is 24.8 Å². The number of carbonyl (C=O) groups excluding carboxylic acids is 1. The summed E-state index contributed by atoms with van der Waals surface area (Å²) in [6.45, 7) is 0. The summed E-state index contributed by atoms with van der Waals surface area (Å²) in [7, 11) is 0. The van der Waals surface area contributed by atoms with Gasteiger partial charge in [-0.05, 0) is 12.8 Å². The van der Waals surface area contributed by atoms with Crippen LogP contribution in [0.2, 0.25) is 0 Å². The first-order chi connectivity index (χ1) is 7.25. The highest BCUT2D eigenvalue weighted by Crippen LogP contribution is 2.49. The molecule has 0 aromatic carbocycles. The van der Waals surface area contributed by atoms with Crippen LogP contribution in [0.3, 0.4) is 0 Å². The number of alkyl halides is 1. The van der Waals surface area contributed by atoms with Crippen molar-refractivity contribution >= 4 is 23.3 Å². The quantitative estimate of drug-likeness (QED) is 0.678. The van der Waals surface area contributed by atoms with Gasteiger partial charge in [-0.2, -0.15) is 0 Å². The summed E-state index contributed by atoms with van der Waals surface area (Å²) in [6, 6.07) is 0. The Bertz CT molecular complexity index is 436. The molecule has 3 rings (SSSR count). The van der Waals surface area contributed by atoms with Crippen molar-refractivity contribution in [1.29, 1.82) is 0 Å². The largest absolute Gasteiger partial charge is 0.310 e. The van der Waals surface area contributed by atoms with Gasteiger partial charge in [0.05, 0.1) is 10.8 Å². The van der Waals surface area contributed by atoms with Gasteiger partial charge in [-0.25, -0.2) is 9.97 Å². The second-order valence-electron chi connectivity index (χ2n) is 4.07. The van der Waals surface area contributed by atoms with Crippen molar-refractivity contribution in [3.63, 3.8) is 0 Å². The van der Waals surface area contributed by atoms with Crippen LogP contribution >= 0.6 is 11.6 Å². The minimum atomic E-state index is -0.571. The Morgan fingerprint density at radius 2 is 2.47 bits per heavy atom. The molecule has 1 aliphatic heterocycles. The number of nitrogens with zero attached hydrogens (tertiary/aromatic N) is 2. The normalized spacial score (nSPS) is 33.1. The molecular formula is C10H10ClN3O. The van der Waals surface area contributed by atoms with Gasteiger partial charge < -0.3 is 5.32 Å². The molecule has 0 bridgehead atoms. The van der Waals surface area contributed by atoms with E-state index in [1.807, 2.05) is 0 Å². The third-order valence-corrected chi connectivity index (χ3v) is 3.98. The van der Waals surface area contributed by atoms with Crippen LogP contribution in [-0.2, 0) is 10.2 Å². The van der Waals surface area contributed by atoms with Crippen LogP contribution in [-0.4, -0.2) is 21.3 Å². The molecule has 2 atom stereocenters. The van der Waals surface area contributed by atoms with Crippen molar-refractivity contribution in [2.45, 2.75) is 30.1 Å². The highest BCUT2D eigenvalue weighted by molar-refractivity contribution is 6.25. The van der Waals surface area contributed by atoms with Crippen LogP contribution in [0.25, 0.3) is 0 Å². The van der Waals surface area contributed by atoms with E-state index >= 15 is 0 Å². The van der Waals surface area contributed by atoms with Crippen LogP contribution < -0.4 is 5.32 Å². The summed E-state index contributed by atoms with van der Waals surface area (Å²) in [5, 5.41) is 2.65. The SMILES string of the molecule is O=C1Nc2ncncc2C12CCCC2Cl. The highest BCUT2D eigenvalue weighted by Gasteiger charge is 2.55. The third kappa shape index (κ3) is 1.00. The van der Waals surface area contributed by atoms with E-state index in [4.69, 9.17) is 11.6 Å². The summed E-state index contributed by atoms with van der Waals surface area (Å²) in [5.41, 5.74) is 0.297. The zero-order chi connectivity index (χ0) is 10.5. The van der Waals surface area contributed by atoms with Gasteiger partial charge in [0.15, 0.2) is 0 Å². The number of aromatic nitrogens is 2. The van der Waals surface area contributed by atoms with Crippen molar-refractivity contribution in [2.24, 2.45) is 0 Å². The van der Waals surface area contributed by atoms with Gasteiger partial charge in [0.1, 0.15) is 12.1 Å². The fourth-order valence-corrected chi connectivity index (χ4v) is 3.10. The molecule has 78 valence electrons. The lowest BCUT2D eigenvalue weighted by Gasteiger charge is -2.24. The van der Waals surface area contributed by atoms with E-state index in [0.29, 0.717) is 5.82 Å². The predicted molar refractivity (Wildman–Crippen MR) is 55.8 cm³/mol. The Kier molecular flexibility index (Phi) is 1.77. The molecule has 1 spiro atoms. The number of amides is 1. The van der Waals surface area contributed by atoms with Crippen LogP contribution in [0.5, 0.6) is 0 Å². The first kappa shape index (κ1) is 9.09. The van der Waals surface area contributed by atoms with Crippen LogP contribution in [0.4, 0.5) is 5.82 Å². The number of rotatable bonds is 0. The fraction of sp³-hybridized carbons (Fsp3) is 0.500. The molecule has 1 saturated carbocycles. The lowest BCUT2D eigenvalue weighted by atomic mass is 9.81. The minimum Gasteiger partial charge on any atom is -0.310 e. The number of anilines is 1. The minimum absolute atomic E-state index is 0.0181. The van der Waals surface area contributed by atoms with Crippen LogP contribution in [0, 0.1) is 0 Å². The van der Waals surface area contributed by atoms with Crippen molar-refractivity contribution in [3.05, 3.63) is 18.1 Å². The lowest BCUT2D eigenvalue weighted by Crippen LogP contribution is -2.38. The van der Waals surface area contributed by atoms with Gasteiger partial charge in [0.25, 0.3) is 0 Å². The van der Waals surface area contributed by atoms with Crippen molar-refractivity contribution in [2.75, 3.05) is 5.32 Å². The number of hydrogen-bond acceptors (Lipinski definition) is 3. The Hall–Kier alpha value is -1.16. The molecule has 1 fully saturated rings. The summed E-state index contributed by atoms with van der Waals surface area (Å²) in [6.07, 6.45) is 5.81. The number of nitrogens with one attached hydrogen (secondary N) is 1. The predicted octanol–water partition coefficient (Wildman–Crippen LogP) is 1.46. The van der Waals surface area contributed by atoms with Crippen molar-refractivity contribution < 1.29 is 4.79 Å². The summed E-state index contributed by atoms with van der Waals surface area (Å²) in [5.74, 6) is 0.609. The molecular weight excluding hydrogens is 214 g/mol. The second kappa shape index (κ2) is 2.92. The summed E-state index contributed by atoms with van der Waals surface area (Å²) in [4.78, 5) is 20.0. The first-order valence-corrected chi connectivity index (χ1v) is 5.45. The first-order valence-electron chi connectivity index (χ1n) is 5.01. The third-order valence-electron chi connectivity index (χ3n) is 3.39. The smallest absolute Gasteiger partial charge is 0.237 e. The number of halogens is 1. The molecule has 2 heterocycles. The molecule has 0 saturated heterocycles. The van der Waals surface area contributed by atoms with E-state index in [9.17, 15) is 4.79 Å². The van der Waals surface area contributed by atoms with E-state index in [2.05, 4.69) is 15.3 Å². The van der Waals surface area contributed by atoms with E-state index < -0.39 is 5.41 Å². The van der Waals surface area contributed by atoms with Crippen molar-refractivity contribution in [1.82, 2.24) is 9.97 Å². The Balaban J connectivity index is 2.21. The standard InChI is InChI=1S/C10H10ClN3O/c11-7-2-1-3-10(7)6-4-12-5-13-8(6)14-9(10)15/h4-5,7H,1-3H2,(H,12,13,14,15). The van der Waals surface area contributed by atoms with Gasteiger partial charge in [-0.15, -0.1) is 11.6 Å². The molecule has 2 aliphatic rings. The summed E-state index contributed by atoms with van der Waals surface area (Å²) < 4.78 is 0. The highest BCUT2D eigenvalue weighted by atomic mass is 35.5. The maximum atomic E-state index is 12.0. The van der Waals surface area contributed by atoms with Gasteiger partial charge in [-0.1, -0.05) is 6.42 Å². The molecule has 0 radical (unpaired) electrons. The molecule has 1 amide bonds. The van der Waals surface area contributed by atoms with E-state index in [-0.39, 0.29) is 11.3 Å². The van der Waals surface area contributed by atoms with Crippen LogP contribution in [0.1, 0.15) is 24.8 Å². The maximum Gasteiger partial charge on any atom is 0.237 e. The number of fused-ring (bicyclic) bond motifs is 2. The van der Waals surface area contributed by atoms with E-state index in [1.165, 1.54) is 6.33 Å². The number of hydrogen-bond donors (Lipinski definition) is 1. The molecule has 1 N–H and O–H groups in total. The molecule has 1 aromatic rings. The second-order valence-corrected chi connectivity index (χ2v) is 4.60. The van der Waals surface area contributed by atoms with Gasteiger partial charge >= 0.3 is 0 Å². The zero-order valence-electron chi connectivity index (χ0n) is 8.03. The Labute approximate surface area is 92.1 Å². The molecule has 1 aromatic heterocycles. The average molecular weight is 224 g/mol. The molecule has 1 aliphatic carbocycles. The van der Waals surface area contributed by atoms with Gasteiger partial charge in [0, 0.05) is 11.8 Å². The monoisotopic (exact) mass is 223 g/mol. The molecule has 15 heavy (non-hydrogen) atoms. The molecule has 4 nitrogen and oxygen atoms in total. The fourth-order valence-electron chi connectivity index (χ4n) is 2.62. The summed E-state index contributed by atoms with van der Waals surface area (Å²) >= 11 is 6.28. The Morgan fingerprint density at radius 3 is 3.20 bits per heavy atom. The lowest BCUT2D eigenvalue weighted by molar-refractivity contribution is -0.120. The molecule has 2 unspecified atom stereocenters. The van der Waals surface area contributed by atoms with Crippen LogP contribution in [0.15, 0.2) is 12.5 Å². The van der Waals surface area contributed by atoms with Gasteiger partial charge in [0.2, 0.25) is 5.91 Å². The molecule has 5 heteroatoms. The number of carbonyl (C=O) groups is 1. The average Bonchev–Trinajstić information content (AvgIpc) is 2.74. The van der Waals surface area contributed by atoms with E-state index in [1.54, 1.807) is 6.20 Å². The van der Waals surface area contributed by atoms with Gasteiger partial charge in [-0.3, -0.25) is 4.79 Å². The zero-order valence-corrected chi connectivity index (χ0v) is 8.79.